The molecule has 0 bridgehead atoms. The van der Waals surface area contributed by atoms with E-state index >= 15 is 0 Å². The Kier molecular flexibility index (Phi) is 4.31. The lowest BCUT2D eigenvalue weighted by atomic mass is 9.89. The van der Waals surface area contributed by atoms with Crippen LogP contribution in [0.5, 0.6) is 0 Å². The molecule has 1 aliphatic rings. The topological polar surface area (TPSA) is 86.6 Å². The SMILES string of the molecule is CC(C)(C)N1C(=O)C(O)(Cc2ncc(Cl)cc2CO)c2cccnc21. The van der Waals surface area contributed by atoms with Crippen molar-refractivity contribution in [1.29, 1.82) is 0 Å². The second kappa shape index (κ2) is 6.05. The van der Waals surface area contributed by atoms with Crippen molar-refractivity contribution in [2.45, 2.75) is 44.9 Å². The van der Waals surface area contributed by atoms with Gasteiger partial charge in [0.25, 0.3) is 5.91 Å². The van der Waals surface area contributed by atoms with E-state index in [-0.39, 0.29) is 13.0 Å². The van der Waals surface area contributed by atoms with Crippen molar-refractivity contribution in [2.24, 2.45) is 0 Å². The minimum Gasteiger partial charge on any atom is -0.392 e. The summed E-state index contributed by atoms with van der Waals surface area (Å²) in [5, 5.41) is 21.2. The molecule has 3 heterocycles. The van der Waals surface area contributed by atoms with E-state index in [4.69, 9.17) is 11.6 Å². The van der Waals surface area contributed by atoms with E-state index in [1.807, 2.05) is 20.8 Å². The van der Waals surface area contributed by atoms with Crippen LogP contribution in [0.2, 0.25) is 5.02 Å². The first-order valence-electron chi connectivity index (χ1n) is 7.95. The molecule has 7 heteroatoms. The third-order valence-corrected chi connectivity index (χ3v) is 4.50. The fourth-order valence-electron chi connectivity index (χ4n) is 3.14. The van der Waals surface area contributed by atoms with Crippen LogP contribution in [0.1, 0.15) is 37.6 Å². The quantitative estimate of drug-likeness (QED) is 0.875. The third-order valence-electron chi connectivity index (χ3n) is 4.29. The van der Waals surface area contributed by atoms with Crippen molar-refractivity contribution in [3.05, 3.63) is 52.4 Å². The van der Waals surface area contributed by atoms with E-state index in [1.54, 1.807) is 24.4 Å². The lowest BCUT2D eigenvalue weighted by Crippen LogP contribution is -2.50. The summed E-state index contributed by atoms with van der Waals surface area (Å²) >= 11 is 5.92. The van der Waals surface area contributed by atoms with Gasteiger partial charge in [-0.25, -0.2) is 4.98 Å². The number of nitrogens with zero attached hydrogens (tertiary/aromatic N) is 3. The zero-order valence-electron chi connectivity index (χ0n) is 14.3. The highest BCUT2D eigenvalue weighted by Gasteiger charge is 2.53. The number of anilines is 1. The molecule has 3 rings (SSSR count). The Hall–Kier alpha value is -2.02. The number of fused-ring (bicyclic) bond motifs is 1. The van der Waals surface area contributed by atoms with Gasteiger partial charge in [-0.2, -0.15) is 0 Å². The Morgan fingerprint density at radius 1 is 1.32 bits per heavy atom. The number of rotatable bonds is 3. The zero-order chi connectivity index (χ0) is 18.4. The average molecular weight is 362 g/mol. The standard InChI is InChI=1S/C18H20ClN3O3/c1-17(2,3)22-15-13(5-4-6-20-15)18(25,16(22)24)8-14-11(10-23)7-12(19)9-21-14/h4-7,9,23,25H,8,10H2,1-3H3. The number of pyridine rings is 2. The Morgan fingerprint density at radius 3 is 2.68 bits per heavy atom. The fourth-order valence-corrected chi connectivity index (χ4v) is 3.32. The Bertz CT molecular complexity index is 835. The zero-order valence-corrected chi connectivity index (χ0v) is 15.1. The van der Waals surface area contributed by atoms with Crippen LogP contribution in [0.4, 0.5) is 5.82 Å². The number of halogens is 1. The summed E-state index contributed by atoms with van der Waals surface area (Å²) in [5.41, 5.74) is -0.989. The summed E-state index contributed by atoms with van der Waals surface area (Å²) in [4.78, 5) is 23.1. The molecule has 2 aromatic rings. The molecule has 2 aromatic heterocycles. The molecule has 0 fully saturated rings. The van der Waals surface area contributed by atoms with Crippen LogP contribution < -0.4 is 4.90 Å². The Morgan fingerprint density at radius 2 is 2.04 bits per heavy atom. The molecular formula is C18H20ClN3O3. The largest absolute Gasteiger partial charge is 0.392 e. The molecule has 0 spiro atoms. The molecule has 1 amide bonds. The summed E-state index contributed by atoms with van der Waals surface area (Å²) in [6.07, 6.45) is 2.96. The number of hydrogen-bond donors (Lipinski definition) is 2. The molecule has 2 N–H and O–H groups in total. The predicted octanol–water partition coefficient (Wildman–Crippen LogP) is 2.20. The average Bonchev–Trinajstić information content (AvgIpc) is 2.77. The molecule has 1 atom stereocenters. The van der Waals surface area contributed by atoms with Crippen molar-refractivity contribution >= 4 is 23.3 Å². The fraction of sp³-hybridized carbons (Fsp3) is 0.389. The first-order valence-corrected chi connectivity index (χ1v) is 8.33. The number of aliphatic hydroxyl groups is 2. The minimum absolute atomic E-state index is 0.0653. The molecule has 6 nitrogen and oxygen atoms in total. The van der Waals surface area contributed by atoms with Gasteiger partial charge in [-0.05, 0) is 32.9 Å². The number of carbonyl (C=O) groups is 1. The molecule has 0 aromatic carbocycles. The van der Waals surface area contributed by atoms with E-state index in [9.17, 15) is 15.0 Å². The van der Waals surface area contributed by atoms with Crippen molar-refractivity contribution in [1.82, 2.24) is 9.97 Å². The maximum Gasteiger partial charge on any atom is 0.265 e. The van der Waals surface area contributed by atoms with Gasteiger partial charge in [0, 0.05) is 41.2 Å². The Labute approximate surface area is 151 Å². The van der Waals surface area contributed by atoms with Gasteiger partial charge in [-0.3, -0.25) is 14.7 Å². The van der Waals surface area contributed by atoms with Gasteiger partial charge in [0.05, 0.1) is 11.6 Å². The van der Waals surface area contributed by atoms with E-state index < -0.39 is 17.0 Å². The van der Waals surface area contributed by atoms with E-state index in [2.05, 4.69) is 9.97 Å². The molecule has 132 valence electrons. The van der Waals surface area contributed by atoms with E-state index in [0.717, 1.165) is 0 Å². The molecule has 0 aliphatic carbocycles. The highest BCUT2D eigenvalue weighted by Crippen LogP contribution is 2.44. The maximum absolute atomic E-state index is 13.1. The molecule has 25 heavy (non-hydrogen) atoms. The van der Waals surface area contributed by atoms with Crippen LogP contribution >= 0.6 is 11.6 Å². The summed E-state index contributed by atoms with van der Waals surface area (Å²) < 4.78 is 0. The number of amides is 1. The minimum atomic E-state index is -1.79. The van der Waals surface area contributed by atoms with Crippen LogP contribution in [0, 0.1) is 0 Å². The van der Waals surface area contributed by atoms with Crippen LogP contribution in [0.25, 0.3) is 0 Å². The summed E-state index contributed by atoms with van der Waals surface area (Å²) in [6, 6.07) is 4.96. The van der Waals surface area contributed by atoms with Crippen molar-refractivity contribution < 1.29 is 15.0 Å². The molecule has 0 radical (unpaired) electrons. The van der Waals surface area contributed by atoms with Crippen LogP contribution in [0.15, 0.2) is 30.6 Å². The van der Waals surface area contributed by atoms with Gasteiger partial charge >= 0.3 is 0 Å². The normalized spacial score (nSPS) is 20.1. The number of aromatic nitrogens is 2. The molecular weight excluding hydrogens is 342 g/mol. The van der Waals surface area contributed by atoms with Gasteiger partial charge in [0.15, 0.2) is 5.60 Å². The summed E-state index contributed by atoms with van der Waals surface area (Å²) in [6.45, 7) is 5.37. The number of aliphatic hydroxyl groups excluding tert-OH is 1. The third kappa shape index (κ3) is 2.90. The first-order chi connectivity index (χ1) is 11.7. The summed E-state index contributed by atoms with van der Waals surface area (Å²) in [5.74, 6) is -0.00338. The molecule has 0 saturated carbocycles. The Balaban J connectivity index is 2.11. The van der Waals surface area contributed by atoms with Crippen LogP contribution in [-0.4, -0.2) is 31.6 Å². The van der Waals surface area contributed by atoms with Crippen LogP contribution in [-0.2, 0) is 23.4 Å². The van der Waals surface area contributed by atoms with Crippen molar-refractivity contribution in [3.8, 4) is 0 Å². The van der Waals surface area contributed by atoms with Gasteiger partial charge in [0.1, 0.15) is 5.82 Å². The number of carbonyl (C=O) groups excluding carboxylic acids is 1. The van der Waals surface area contributed by atoms with E-state index in [1.165, 1.54) is 11.1 Å². The van der Waals surface area contributed by atoms with Gasteiger partial charge in [-0.1, -0.05) is 17.7 Å². The lowest BCUT2D eigenvalue weighted by molar-refractivity contribution is -0.137. The van der Waals surface area contributed by atoms with Gasteiger partial charge in [-0.15, -0.1) is 0 Å². The lowest BCUT2D eigenvalue weighted by Gasteiger charge is -2.33. The second-order valence-electron chi connectivity index (χ2n) is 7.14. The monoisotopic (exact) mass is 361 g/mol. The maximum atomic E-state index is 13.1. The highest BCUT2D eigenvalue weighted by molar-refractivity contribution is 6.30. The molecule has 1 aliphatic heterocycles. The molecule has 0 saturated heterocycles. The van der Waals surface area contributed by atoms with E-state index in [0.29, 0.717) is 27.7 Å². The molecule has 1 unspecified atom stereocenters. The second-order valence-corrected chi connectivity index (χ2v) is 7.58. The van der Waals surface area contributed by atoms with Gasteiger partial charge in [0.2, 0.25) is 0 Å². The number of hydrogen-bond acceptors (Lipinski definition) is 5. The summed E-state index contributed by atoms with van der Waals surface area (Å²) in [7, 11) is 0. The first kappa shape index (κ1) is 17.8. The van der Waals surface area contributed by atoms with Crippen molar-refractivity contribution in [3.63, 3.8) is 0 Å². The van der Waals surface area contributed by atoms with Crippen LogP contribution in [0.3, 0.4) is 0 Å². The van der Waals surface area contributed by atoms with Crippen molar-refractivity contribution in [2.75, 3.05) is 4.90 Å². The predicted molar refractivity (Wildman–Crippen MR) is 94.2 cm³/mol. The van der Waals surface area contributed by atoms with Gasteiger partial charge < -0.3 is 10.2 Å². The highest BCUT2D eigenvalue weighted by atomic mass is 35.5. The smallest absolute Gasteiger partial charge is 0.265 e.